The summed E-state index contributed by atoms with van der Waals surface area (Å²) in [6.07, 6.45) is 4.56. The molecule has 2 unspecified atom stereocenters. The molecular weight excluding hydrogens is 265 g/mol. The SMILES string of the molecule is Cc1ccc(CCN2CCC(n3cccn3)C(F)C2)cc1. The van der Waals surface area contributed by atoms with Gasteiger partial charge in [-0.15, -0.1) is 0 Å². The van der Waals surface area contributed by atoms with Crippen molar-refractivity contribution in [2.24, 2.45) is 0 Å². The summed E-state index contributed by atoms with van der Waals surface area (Å²) >= 11 is 0. The summed E-state index contributed by atoms with van der Waals surface area (Å²) in [6, 6.07) is 10.4. The van der Waals surface area contributed by atoms with Crippen LogP contribution in [0.5, 0.6) is 0 Å². The molecule has 0 spiro atoms. The second-order valence-corrected chi connectivity index (χ2v) is 5.89. The molecule has 3 rings (SSSR count). The molecule has 1 fully saturated rings. The van der Waals surface area contributed by atoms with Crippen LogP contribution in [0.2, 0.25) is 0 Å². The lowest BCUT2D eigenvalue weighted by Crippen LogP contribution is -2.43. The molecular formula is C17H22FN3. The largest absolute Gasteiger partial charge is 0.300 e. The van der Waals surface area contributed by atoms with Gasteiger partial charge < -0.3 is 0 Å². The maximum absolute atomic E-state index is 14.3. The van der Waals surface area contributed by atoms with Gasteiger partial charge in [-0.05, 0) is 31.4 Å². The van der Waals surface area contributed by atoms with Crippen LogP contribution in [0.1, 0.15) is 23.6 Å². The Hall–Kier alpha value is -1.68. The van der Waals surface area contributed by atoms with Gasteiger partial charge in [-0.3, -0.25) is 9.58 Å². The molecule has 3 nitrogen and oxygen atoms in total. The van der Waals surface area contributed by atoms with Crippen LogP contribution in [0.3, 0.4) is 0 Å². The van der Waals surface area contributed by atoms with Crippen LogP contribution in [0, 0.1) is 6.92 Å². The van der Waals surface area contributed by atoms with E-state index >= 15 is 0 Å². The van der Waals surface area contributed by atoms with Crippen LogP contribution >= 0.6 is 0 Å². The zero-order valence-electron chi connectivity index (χ0n) is 12.5. The van der Waals surface area contributed by atoms with Crippen molar-refractivity contribution in [2.75, 3.05) is 19.6 Å². The second-order valence-electron chi connectivity index (χ2n) is 5.89. The average molecular weight is 287 g/mol. The number of aryl methyl sites for hydroxylation is 1. The zero-order valence-corrected chi connectivity index (χ0v) is 12.5. The predicted octanol–water partition coefficient (Wildman–Crippen LogP) is 3.02. The van der Waals surface area contributed by atoms with E-state index in [-0.39, 0.29) is 6.04 Å². The van der Waals surface area contributed by atoms with E-state index < -0.39 is 6.17 Å². The van der Waals surface area contributed by atoms with E-state index in [0.29, 0.717) is 6.54 Å². The van der Waals surface area contributed by atoms with Crippen LogP contribution < -0.4 is 0 Å². The highest BCUT2D eigenvalue weighted by atomic mass is 19.1. The fraction of sp³-hybridized carbons (Fsp3) is 0.471. The van der Waals surface area contributed by atoms with Gasteiger partial charge in [-0.25, -0.2) is 4.39 Å². The fourth-order valence-corrected chi connectivity index (χ4v) is 2.98. The van der Waals surface area contributed by atoms with Gasteiger partial charge in [0.15, 0.2) is 0 Å². The standard InChI is InChI=1S/C17H22FN3/c1-14-3-5-15(6-4-14)7-11-20-12-8-17(16(18)13-20)21-10-2-9-19-21/h2-6,9-10,16-17H,7-8,11-13H2,1H3. The first kappa shape index (κ1) is 14.3. The van der Waals surface area contributed by atoms with E-state index in [9.17, 15) is 4.39 Å². The van der Waals surface area contributed by atoms with E-state index in [4.69, 9.17) is 0 Å². The molecule has 0 bridgehead atoms. The molecule has 21 heavy (non-hydrogen) atoms. The van der Waals surface area contributed by atoms with Gasteiger partial charge in [0.2, 0.25) is 0 Å². The minimum atomic E-state index is -0.836. The second kappa shape index (κ2) is 6.39. The quantitative estimate of drug-likeness (QED) is 0.862. The van der Waals surface area contributed by atoms with E-state index in [1.54, 1.807) is 10.9 Å². The van der Waals surface area contributed by atoms with Crippen LogP contribution in [0.25, 0.3) is 0 Å². The molecule has 2 heterocycles. The molecule has 0 amide bonds. The number of nitrogens with zero attached hydrogens (tertiary/aromatic N) is 3. The molecule has 1 aliphatic heterocycles. The Morgan fingerprint density at radius 3 is 2.76 bits per heavy atom. The van der Waals surface area contributed by atoms with E-state index in [1.807, 2.05) is 12.3 Å². The van der Waals surface area contributed by atoms with Gasteiger partial charge in [0.1, 0.15) is 6.17 Å². The summed E-state index contributed by atoms with van der Waals surface area (Å²) in [6.45, 7) is 4.47. The molecule has 1 saturated heterocycles. The van der Waals surface area contributed by atoms with Gasteiger partial charge in [0, 0.05) is 32.0 Å². The van der Waals surface area contributed by atoms with Crippen molar-refractivity contribution in [2.45, 2.75) is 32.0 Å². The molecule has 2 aromatic rings. The molecule has 1 aromatic heterocycles. The molecule has 112 valence electrons. The number of halogens is 1. The molecule has 0 saturated carbocycles. The van der Waals surface area contributed by atoms with Gasteiger partial charge in [0.25, 0.3) is 0 Å². The van der Waals surface area contributed by atoms with Crippen LogP contribution in [-0.2, 0) is 6.42 Å². The topological polar surface area (TPSA) is 21.1 Å². The number of likely N-dealkylation sites (tertiary alicyclic amines) is 1. The van der Waals surface area contributed by atoms with Crippen molar-refractivity contribution in [3.63, 3.8) is 0 Å². The highest BCUT2D eigenvalue weighted by Crippen LogP contribution is 2.24. The Balaban J connectivity index is 1.51. The van der Waals surface area contributed by atoms with Crippen molar-refractivity contribution < 1.29 is 4.39 Å². The van der Waals surface area contributed by atoms with E-state index in [2.05, 4.69) is 41.2 Å². The minimum absolute atomic E-state index is 0.101. The third-order valence-corrected chi connectivity index (χ3v) is 4.29. The highest BCUT2D eigenvalue weighted by Gasteiger charge is 2.30. The summed E-state index contributed by atoms with van der Waals surface area (Å²) in [5.74, 6) is 0. The molecule has 1 aliphatic rings. The highest BCUT2D eigenvalue weighted by molar-refractivity contribution is 5.21. The number of aromatic nitrogens is 2. The number of hydrogen-bond acceptors (Lipinski definition) is 2. The minimum Gasteiger partial charge on any atom is -0.300 e. The summed E-state index contributed by atoms with van der Waals surface area (Å²) in [5.41, 5.74) is 2.60. The number of rotatable bonds is 4. The van der Waals surface area contributed by atoms with Crippen molar-refractivity contribution in [1.29, 1.82) is 0 Å². The maximum Gasteiger partial charge on any atom is 0.135 e. The maximum atomic E-state index is 14.3. The average Bonchev–Trinajstić information content (AvgIpc) is 3.01. The lowest BCUT2D eigenvalue weighted by Gasteiger charge is -2.34. The molecule has 0 N–H and O–H groups in total. The first-order chi connectivity index (χ1) is 10.2. The summed E-state index contributed by atoms with van der Waals surface area (Å²) in [5, 5.41) is 4.18. The van der Waals surface area contributed by atoms with Crippen LogP contribution in [0.4, 0.5) is 4.39 Å². The van der Waals surface area contributed by atoms with E-state index in [1.165, 1.54) is 11.1 Å². The first-order valence-corrected chi connectivity index (χ1v) is 7.63. The first-order valence-electron chi connectivity index (χ1n) is 7.63. The zero-order chi connectivity index (χ0) is 14.7. The fourth-order valence-electron chi connectivity index (χ4n) is 2.98. The van der Waals surface area contributed by atoms with Crippen LogP contribution in [0.15, 0.2) is 42.7 Å². The number of piperidine rings is 1. The Kier molecular flexibility index (Phi) is 4.34. The molecule has 0 aliphatic carbocycles. The lowest BCUT2D eigenvalue weighted by molar-refractivity contribution is 0.0846. The normalized spacial score (nSPS) is 23.3. The monoisotopic (exact) mass is 287 g/mol. The van der Waals surface area contributed by atoms with Gasteiger partial charge in [-0.1, -0.05) is 29.8 Å². The Bertz CT molecular complexity index is 550. The summed E-state index contributed by atoms with van der Waals surface area (Å²) < 4.78 is 16.1. The molecule has 1 aromatic carbocycles. The molecule has 0 radical (unpaired) electrons. The third-order valence-electron chi connectivity index (χ3n) is 4.29. The number of alkyl halides is 1. The van der Waals surface area contributed by atoms with Crippen molar-refractivity contribution >= 4 is 0 Å². The van der Waals surface area contributed by atoms with Crippen LogP contribution in [-0.4, -0.2) is 40.5 Å². The number of hydrogen-bond donors (Lipinski definition) is 0. The van der Waals surface area contributed by atoms with Gasteiger partial charge >= 0.3 is 0 Å². The van der Waals surface area contributed by atoms with Crippen molar-refractivity contribution in [3.8, 4) is 0 Å². The smallest absolute Gasteiger partial charge is 0.135 e. The predicted molar refractivity (Wildman–Crippen MR) is 82.1 cm³/mol. The lowest BCUT2D eigenvalue weighted by atomic mass is 10.0. The van der Waals surface area contributed by atoms with Crippen molar-refractivity contribution in [1.82, 2.24) is 14.7 Å². The third kappa shape index (κ3) is 3.50. The molecule has 4 heteroatoms. The van der Waals surface area contributed by atoms with Gasteiger partial charge in [-0.2, -0.15) is 5.10 Å². The Morgan fingerprint density at radius 2 is 2.10 bits per heavy atom. The Morgan fingerprint density at radius 1 is 1.29 bits per heavy atom. The summed E-state index contributed by atoms with van der Waals surface area (Å²) in [4.78, 5) is 2.23. The van der Waals surface area contributed by atoms with Crippen molar-refractivity contribution in [3.05, 3.63) is 53.9 Å². The van der Waals surface area contributed by atoms with Gasteiger partial charge in [0.05, 0.1) is 6.04 Å². The molecule has 2 atom stereocenters. The van der Waals surface area contributed by atoms with E-state index in [0.717, 1.165) is 25.9 Å². The number of benzene rings is 1. The summed E-state index contributed by atoms with van der Waals surface area (Å²) in [7, 11) is 0. The Labute approximate surface area is 125 Å².